The van der Waals surface area contributed by atoms with Crippen molar-refractivity contribution in [2.45, 2.75) is 57.3 Å². The Hall–Kier alpha value is -1.66. The van der Waals surface area contributed by atoms with E-state index < -0.39 is 17.1 Å². The van der Waals surface area contributed by atoms with Crippen LogP contribution in [0.5, 0.6) is 5.75 Å². The van der Waals surface area contributed by atoms with E-state index in [4.69, 9.17) is 4.74 Å². The second-order valence-electron chi connectivity index (χ2n) is 5.52. The second-order valence-corrected chi connectivity index (χ2v) is 5.52. The minimum absolute atomic E-state index is 0.0836. The molecular formula is C15H21NO5. The molecule has 0 bridgehead atoms. The molecule has 1 aliphatic carbocycles. The van der Waals surface area contributed by atoms with Gasteiger partial charge in [0.1, 0.15) is 11.9 Å². The summed E-state index contributed by atoms with van der Waals surface area (Å²) in [5.41, 5.74) is 0.292. The number of ether oxygens (including phenoxy) is 1. The first-order valence-corrected chi connectivity index (χ1v) is 7.30. The van der Waals surface area contributed by atoms with E-state index in [-0.39, 0.29) is 11.8 Å². The molecule has 3 atom stereocenters. The maximum absolute atomic E-state index is 10.8. The lowest BCUT2D eigenvalue weighted by Crippen LogP contribution is -2.30. The second kappa shape index (κ2) is 6.87. The smallest absolute Gasteiger partial charge is 0.270 e. The van der Waals surface area contributed by atoms with E-state index in [1.807, 2.05) is 0 Å². The summed E-state index contributed by atoms with van der Waals surface area (Å²) in [6, 6.07) is 4.17. The number of aliphatic hydroxyl groups excluding tert-OH is 2. The molecule has 0 amide bonds. The maximum Gasteiger partial charge on any atom is 0.270 e. The Morgan fingerprint density at radius 3 is 2.71 bits per heavy atom. The van der Waals surface area contributed by atoms with Crippen molar-refractivity contribution < 1.29 is 19.9 Å². The largest absolute Gasteiger partial charge is 0.487 e. The van der Waals surface area contributed by atoms with Crippen LogP contribution in [0.3, 0.4) is 0 Å². The van der Waals surface area contributed by atoms with Gasteiger partial charge in [-0.25, -0.2) is 0 Å². The molecule has 0 aliphatic heterocycles. The van der Waals surface area contributed by atoms with Crippen molar-refractivity contribution in [1.29, 1.82) is 0 Å². The zero-order chi connectivity index (χ0) is 15.4. The number of non-ortho nitro benzene ring substituents is 1. The number of benzene rings is 1. The Kier molecular flexibility index (Phi) is 5.14. The van der Waals surface area contributed by atoms with E-state index >= 15 is 0 Å². The van der Waals surface area contributed by atoms with Crippen LogP contribution in [0.2, 0.25) is 0 Å². The Labute approximate surface area is 123 Å². The third-order valence-corrected chi connectivity index (χ3v) is 3.85. The highest BCUT2D eigenvalue weighted by atomic mass is 16.6. The van der Waals surface area contributed by atoms with E-state index in [9.17, 15) is 20.3 Å². The standard InChI is InChI=1S/C15H21NO5/c1-10(17)12-9-11(16(19)20)7-8-14(12)21-15-6-4-2-3-5-13(15)18/h7-10,13,15,17-18H,2-6H2,1H3/t10-,13?,15?/m1/s1. The Balaban J connectivity index is 2.23. The number of rotatable bonds is 4. The highest BCUT2D eigenvalue weighted by Crippen LogP contribution is 2.32. The van der Waals surface area contributed by atoms with Crippen molar-refractivity contribution in [2.24, 2.45) is 0 Å². The molecule has 1 aliphatic rings. The lowest BCUT2D eigenvalue weighted by molar-refractivity contribution is -0.385. The van der Waals surface area contributed by atoms with Gasteiger partial charge in [0.15, 0.2) is 0 Å². The third kappa shape index (κ3) is 3.92. The van der Waals surface area contributed by atoms with Crippen molar-refractivity contribution in [1.82, 2.24) is 0 Å². The summed E-state index contributed by atoms with van der Waals surface area (Å²) in [6.45, 7) is 1.54. The van der Waals surface area contributed by atoms with Crippen molar-refractivity contribution in [3.8, 4) is 5.75 Å². The van der Waals surface area contributed by atoms with Gasteiger partial charge < -0.3 is 14.9 Å². The van der Waals surface area contributed by atoms with Gasteiger partial charge in [0.25, 0.3) is 5.69 Å². The molecule has 6 nitrogen and oxygen atoms in total. The molecule has 0 heterocycles. The van der Waals surface area contributed by atoms with Crippen LogP contribution < -0.4 is 4.74 Å². The predicted octanol–water partition coefficient (Wildman–Crippen LogP) is 2.72. The lowest BCUT2D eigenvalue weighted by atomic mass is 10.1. The molecular weight excluding hydrogens is 274 g/mol. The molecule has 1 saturated carbocycles. The third-order valence-electron chi connectivity index (χ3n) is 3.85. The van der Waals surface area contributed by atoms with Crippen LogP contribution in [0.15, 0.2) is 18.2 Å². The zero-order valence-electron chi connectivity index (χ0n) is 12.1. The van der Waals surface area contributed by atoms with Gasteiger partial charge in [-0.05, 0) is 32.3 Å². The molecule has 0 spiro atoms. The van der Waals surface area contributed by atoms with E-state index in [0.717, 1.165) is 25.7 Å². The van der Waals surface area contributed by atoms with Crippen molar-refractivity contribution in [3.05, 3.63) is 33.9 Å². The quantitative estimate of drug-likeness (QED) is 0.506. The molecule has 1 aromatic rings. The first kappa shape index (κ1) is 15.7. The van der Waals surface area contributed by atoms with E-state index in [1.165, 1.54) is 25.1 Å². The molecule has 1 aromatic carbocycles. The fraction of sp³-hybridized carbons (Fsp3) is 0.600. The topological polar surface area (TPSA) is 92.8 Å². The number of hydrogen-bond donors (Lipinski definition) is 2. The molecule has 0 radical (unpaired) electrons. The summed E-state index contributed by atoms with van der Waals surface area (Å²) >= 11 is 0. The summed E-state index contributed by atoms with van der Waals surface area (Å²) in [5, 5.41) is 30.7. The Bertz CT molecular complexity index is 503. The van der Waals surface area contributed by atoms with E-state index in [2.05, 4.69) is 0 Å². The maximum atomic E-state index is 10.8. The molecule has 6 heteroatoms. The molecule has 1 fully saturated rings. The minimum Gasteiger partial charge on any atom is -0.487 e. The first-order chi connectivity index (χ1) is 9.99. The van der Waals surface area contributed by atoms with Crippen molar-refractivity contribution >= 4 is 5.69 Å². The van der Waals surface area contributed by atoms with Crippen LogP contribution in [-0.2, 0) is 0 Å². The molecule has 116 valence electrons. The fourth-order valence-electron chi connectivity index (χ4n) is 2.64. The Morgan fingerprint density at radius 2 is 2.05 bits per heavy atom. The summed E-state index contributed by atoms with van der Waals surface area (Å²) in [6.07, 6.45) is 2.74. The molecule has 21 heavy (non-hydrogen) atoms. The monoisotopic (exact) mass is 295 g/mol. The molecule has 0 aromatic heterocycles. The average Bonchev–Trinajstić information content (AvgIpc) is 2.64. The van der Waals surface area contributed by atoms with Gasteiger partial charge in [-0.3, -0.25) is 10.1 Å². The van der Waals surface area contributed by atoms with Gasteiger partial charge in [-0.15, -0.1) is 0 Å². The van der Waals surface area contributed by atoms with Crippen molar-refractivity contribution in [3.63, 3.8) is 0 Å². The molecule has 2 rings (SSSR count). The van der Waals surface area contributed by atoms with Gasteiger partial charge in [-0.2, -0.15) is 0 Å². The minimum atomic E-state index is -0.872. The Morgan fingerprint density at radius 1 is 1.33 bits per heavy atom. The summed E-state index contributed by atoms with van der Waals surface area (Å²) in [7, 11) is 0. The first-order valence-electron chi connectivity index (χ1n) is 7.30. The van der Waals surface area contributed by atoms with Crippen LogP contribution in [0, 0.1) is 10.1 Å². The number of aliphatic hydroxyl groups is 2. The molecule has 2 unspecified atom stereocenters. The van der Waals surface area contributed by atoms with Gasteiger partial charge >= 0.3 is 0 Å². The van der Waals surface area contributed by atoms with Gasteiger partial charge in [0.2, 0.25) is 0 Å². The highest BCUT2D eigenvalue weighted by Gasteiger charge is 2.25. The van der Waals surface area contributed by atoms with Gasteiger partial charge in [0.05, 0.1) is 17.1 Å². The van der Waals surface area contributed by atoms with Gasteiger partial charge in [-0.1, -0.05) is 12.8 Å². The van der Waals surface area contributed by atoms with Crippen LogP contribution in [0.4, 0.5) is 5.69 Å². The highest BCUT2D eigenvalue weighted by molar-refractivity contribution is 5.45. The SMILES string of the molecule is C[C@@H](O)c1cc([N+](=O)[O-])ccc1OC1CCCCCC1O. The lowest BCUT2D eigenvalue weighted by Gasteiger charge is -2.24. The molecule has 2 N–H and O–H groups in total. The number of nitro groups is 1. The zero-order valence-corrected chi connectivity index (χ0v) is 12.1. The number of nitro benzene ring substituents is 1. The van der Waals surface area contributed by atoms with E-state index in [1.54, 1.807) is 0 Å². The van der Waals surface area contributed by atoms with Crippen LogP contribution in [0.25, 0.3) is 0 Å². The summed E-state index contributed by atoms with van der Waals surface area (Å²) < 4.78 is 5.84. The fourth-order valence-corrected chi connectivity index (χ4v) is 2.64. The summed E-state index contributed by atoms with van der Waals surface area (Å²) in [4.78, 5) is 10.3. The normalized spacial score (nSPS) is 24.1. The molecule has 0 saturated heterocycles. The van der Waals surface area contributed by atoms with Crippen molar-refractivity contribution in [2.75, 3.05) is 0 Å². The van der Waals surface area contributed by atoms with Gasteiger partial charge in [0, 0.05) is 17.7 Å². The predicted molar refractivity (Wildman–Crippen MR) is 77.2 cm³/mol. The average molecular weight is 295 g/mol. The van der Waals surface area contributed by atoms with Crippen LogP contribution in [-0.4, -0.2) is 27.3 Å². The number of nitrogens with zero attached hydrogens (tertiary/aromatic N) is 1. The van der Waals surface area contributed by atoms with Crippen LogP contribution in [0.1, 0.15) is 50.7 Å². The number of hydrogen-bond acceptors (Lipinski definition) is 5. The van der Waals surface area contributed by atoms with Crippen LogP contribution >= 0.6 is 0 Å². The summed E-state index contributed by atoms with van der Waals surface area (Å²) in [5.74, 6) is 0.404. The van der Waals surface area contributed by atoms with E-state index in [0.29, 0.717) is 17.7 Å².